The van der Waals surface area contributed by atoms with Gasteiger partial charge in [-0.3, -0.25) is 4.90 Å². The van der Waals surface area contributed by atoms with E-state index in [0.717, 1.165) is 49.9 Å². The van der Waals surface area contributed by atoms with Crippen LogP contribution < -0.4 is 4.90 Å². The summed E-state index contributed by atoms with van der Waals surface area (Å²) in [6.07, 6.45) is 1.13. The fourth-order valence-corrected chi connectivity index (χ4v) is 4.01. The third-order valence-electron chi connectivity index (χ3n) is 4.78. The Morgan fingerprint density at radius 2 is 1.96 bits per heavy atom. The summed E-state index contributed by atoms with van der Waals surface area (Å²) in [7, 11) is 0. The number of thiophene rings is 1. The Hall–Kier alpha value is -1.99. The standard InChI is InChI=1S/C17H22N6S/c1-13(11-15-5-10-24-12-15)21-6-8-22(9-7-21)17-4-3-16-19-18-14(2)23(16)20-17/h3-5,10,12-13H,6-9,11H2,1-2H3/t13-/m0/s1. The Kier molecular flexibility index (Phi) is 4.20. The van der Waals surface area contributed by atoms with Crippen LogP contribution in [0.4, 0.5) is 5.82 Å². The molecule has 4 rings (SSSR count). The van der Waals surface area contributed by atoms with Crippen molar-refractivity contribution in [3.63, 3.8) is 0 Å². The van der Waals surface area contributed by atoms with Crippen molar-refractivity contribution in [3.05, 3.63) is 40.3 Å². The van der Waals surface area contributed by atoms with Crippen LogP contribution in [0.2, 0.25) is 0 Å². The summed E-state index contributed by atoms with van der Waals surface area (Å²) in [6.45, 7) is 8.43. The number of piperazine rings is 1. The maximum atomic E-state index is 4.69. The zero-order chi connectivity index (χ0) is 16.5. The lowest BCUT2D eigenvalue weighted by Gasteiger charge is -2.38. The van der Waals surface area contributed by atoms with E-state index in [4.69, 9.17) is 0 Å². The van der Waals surface area contributed by atoms with Gasteiger partial charge in [0.25, 0.3) is 0 Å². The second-order valence-electron chi connectivity index (χ2n) is 6.42. The van der Waals surface area contributed by atoms with Crippen molar-refractivity contribution in [1.29, 1.82) is 0 Å². The average Bonchev–Trinajstić information content (AvgIpc) is 3.25. The molecule has 3 aromatic rings. The number of rotatable bonds is 4. The van der Waals surface area contributed by atoms with Gasteiger partial charge in [0.15, 0.2) is 11.5 Å². The maximum absolute atomic E-state index is 4.69. The number of nitrogens with zero attached hydrogens (tertiary/aromatic N) is 6. The van der Waals surface area contributed by atoms with Crippen molar-refractivity contribution in [1.82, 2.24) is 24.7 Å². The van der Waals surface area contributed by atoms with Gasteiger partial charge in [-0.2, -0.15) is 15.9 Å². The highest BCUT2D eigenvalue weighted by molar-refractivity contribution is 7.07. The molecular weight excluding hydrogens is 320 g/mol. The number of aromatic nitrogens is 4. The van der Waals surface area contributed by atoms with E-state index in [9.17, 15) is 0 Å². The Balaban J connectivity index is 1.40. The Morgan fingerprint density at radius 3 is 2.71 bits per heavy atom. The van der Waals surface area contributed by atoms with Crippen LogP contribution in [0.3, 0.4) is 0 Å². The van der Waals surface area contributed by atoms with Crippen LogP contribution in [-0.2, 0) is 6.42 Å². The largest absolute Gasteiger partial charge is 0.353 e. The molecule has 0 radical (unpaired) electrons. The number of fused-ring (bicyclic) bond motifs is 1. The molecular formula is C17H22N6S. The van der Waals surface area contributed by atoms with Crippen LogP contribution >= 0.6 is 11.3 Å². The van der Waals surface area contributed by atoms with Crippen LogP contribution in [-0.4, -0.2) is 56.9 Å². The van der Waals surface area contributed by atoms with E-state index in [1.54, 1.807) is 11.3 Å². The van der Waals surface area contributed by atoms with E-state index >= 15 is 0 Å². The van der Waals surface area contributed by atoms with Crippen molar-refractivity contribution in [2.45, 2.75) is 26.3 Å². The summed E-state index contributed by atoms with van der Waals surface area (Å²) in [6, 6.07) is 6.86. The summed E-state index contributed by atoms with van der Waals surface area (Å²) in [5, 5.41) is 17.3. The molecule has 1 saturated heterocycles. The molecule has 0 unspecified atom stereocenters. The van der Waals surface area contributed by atoms with E-state index < -0.39 is 0 Å². The van der Waals surface area contributed by atoms with Gasteiger partial charge in [-0.15, -0.1) is 15.3 Å². The van der Waals surface area contributed by atoms with E-state index in [1.807, 2.05) is 23.6 Å². The first-order chi connectivity index (χ1) is 11.7. The highest BCUT2D eigenvalue weighted by atomic mass is 32.1. The van der Waals surface area contributed by atoms with Crippen LogP contribution in [0.1, 0.15) is 18.3 Å². The predicted molar refractivity (Wildman–Crippen MR) is 96.8 cm³/mol. The van der Waals surface area contributed by atoms with Gasteiger partial charge < -0.3 is 4.90 Å². The fraction of sp³-hybridized carbons (Fsp3) is 0.471. The Labute approximate surface area is 145 Å². The van der Waals surface area contributed by atoms with Gasteiger partial charge in [0.05, 0.1) is 0 Å². The first-order valence-electron chi connectivity index (χ1n) is 8.40. The molecule has 7 heteroatoms. The molecule has 1 fully saturated rings. The SMILES string of the molecule is Cc1nnc2ccc(N3CCN([C@@H](C)Cc4ccsc4)CC3)nn12. The normalized spacial score (nSPS) is 17.5. The number of hydrogen-bond acceptors (Lipinski definition) is 6. The van der Waals surface area contributed by atoms with Crippen molar-refractivity contribution >= 4 is 22.8 Å². The van der Waals surface area contributed by atoms with Gasteiger partial charge >= 0.3 is 0 Å². The molecule has 1 atom stereocenters. The molecule has 0 N–H and O–H groups in total. The molecule has 6 nitrogen and oxygen atoms in total. The summed E-state index contributed by atoms with van der Waals surface area (Å²) in [5.41, 5.74) is 2.25. The number of aryl methyl sites for hydroxylation is 1. The van der Waals surface area contributed by atoms with Crippen molar-refractivity contribution in [2.24, 2.45) is 0 Å². The predicted octanol–water partition coefficient (Wildman–Crippen LogP) is 2.25. The topological polar surface area (TPSA) is 49.6 Å². The van der Waals surface area contributed by atoms with Gasteiger partial charge in [0.1, 0.15) is 5.82 Å². The molecule has 3 aromatic heterocycles. The first kappa shape index (κ1) is 15.5. The highest BCUT2D eigenvalue weighted by Gasteiger charge is 2.22. The van der Waals surface area contributed by atoms with Gasteiger partial charge in [0.2, 0.25) is 0 Å². The van der Waals surface area contributed by atoms with Gasteiger partial charge in [0, 0.05) is 32.2 Å². The number of hydrogen-bond donors (Lipinski definition) is 0. The van der Waals surface area contributed by atoms with E-state index in [1.165, 1.54) is 5.56 Å². The molecule has 1 aliphatic heterocycles. The molecule has 0 amide bonds. The molecule has 0 aromatic carbocycles. The monoisotopic (exact) mass is 342 g/mol. The minimum absolute atomic E-state index is 0.581. The molecule has 0 spiro atoms. The van der Waals surface area contributed by atoms with E-state index in [0.29, 0.717) is 6.04 Å². The zero-order valence-corrected chi connectivity index (χ0v) is 14.9. The third kappa shape index (κ3) is 3.01. The van der Waals surface area contributed by atoms with Crippen LogP contribution in [0, 0.1) is 6.92 Å². The van der Waals surface area contributed by atoms with Crippen molar-refractivity contribution in [2.75, 3.05) is 31.1 Å². The Bertz CT molecular complexity index is 804. The molecule has 24 heavy (non-hydrogen) atoms. The fourth-order valence-electron chi connectivity index (χ4n) is 3.33. The first-order valence-corrected chi connectivity index (χ1v) is 9.34. The van der Waals surface area contributed by atoms with Crippen LogP contribution in [0.5, 0.6) is 0 Å². The van der Waals surface area contributed by atoms with E-state index in [-0.39, 0.29) is 0 Å². The number of anilines is 1. The smallest absolute Gasteiger partial charge is 0.178 e. The third-order valence-corrected chi connectivity index (χ3v) is 5.51. The average molecular weight is 342 g/mol. The lowest BCUT2D eigenvalue weighted by Crippen LogP contribution is -2.50. The molecule has 4 heterocycles. The highest BCUT2D eigenvalue weighted by Crippen LogP contribution is 2.18. The van der Waals surface area contributed by atoms with Crippen LogP contribution in [0.15, 0.2) is 29.0 Å². The molecule has 0 bridgehead atoms. The summed E-state index contributed by atoms with van der Waals surface area (Å²) < 4.78 is 1.82. The molecule has 1 aliphatic rings. The zero-order valence-electron chi connectivity index (χ0n) is 14.1. The molecule has 126 valence electrons. The Morgan fingerprint density at radius 1 is 1.12 bits per heavy atom. The summed E-state index contributed by atoms with van der Waals surface area (Å²) >= 11 is 1.78. The second kappa shape index (κ2) is 6.49. The van der Waals surface area contributed by atoms with Gasteiger partial charge in [-0.25, -0.2) is 0 Å². The lowest BCUT2D eigenvalue weighted by atomic mass is 10.1. The van der Waals surface area contributed by atoms with E-state index in [2.05, 4.69) is 48.8 Å². The van der Waals surface area contributed by atoms with Crippen LogP contribution in [0.25, 0.3) is 5.65 Å². The van der Waals surface area contributed by atoms with Gasteiger partial charge in [-0.05, 0) is 54.8 Å². The maximum Gasteiger partial charge on any atom is 0.178 e. The second-order valence-corrected chi connectivity index (χ2v) is 7.20. The minimum Gasteiger partial charge on any atom is -0.353 e. The summed E-state index contributed by atoms with van der Waals surface area (Å²) in [4.78, 5) is 4.93. The summed E-state index contributed by atoms with van der Waals surface area (Å²) in [5.74, 6) is 1.84. The lowest BCUT2D eigenvalue weighted by molar-refractivity contribution is 0.195. The minimum atomic E-state index is 0.581. The van der Waals surface area contributed by atoms with Crippen molar-refractivity contribution < 1.29 is 0 Å². The molecule has 0 saturated carbocycles. The van der Waals surface area contributed by atoms with Gasteiger partial charge in [-0.1, -0.05) is 0 Å². The van der Waals surface area contributed by atoms with Crippen molar-refractivity contribution in [3.8, 4) is 0 Å². The molecule has 0 aliphatic carbocycles. The quantitative estimate of drug-likeness (QED) is 0.728.